The average Bonchev–Trinajstić information content (AvgIpc) is 2.75. The van der Waals surface area contributed by atoms with E-state index >= 15 is 0 Å². The zero-order chi connectivity index (χ0) is 19.8. The zero-order valence-corrected chi connectivity index (χ0v) is 17.4. The lowest BCUT2D eigenvalue weighted by molar-refractivity contribution is -0.132. The number of carbonyl (C=O) groups is 1. The summed E-state index contributed by atoms with van der Waals surface area (Å²) in [5, 5.41) is 0. The molecule has 3 nitrogen and oxygen atoms in total. The van der Waals surface area contributed by atoms with Crippen LogP contribution in [0.4, 0.5) is 0 Å². The number of rotatable bonds is 4. The average molecular weight is 379 g/mol. The van der Waals surface area contributed by atoms with Gasteiger partial charge in [-0.2, -0.15) is 0 Å². The maximum Gasteiger partial charge on any atom is 0.222 e. The van der Waals surface area contributed by atoms with E-state index in [-0.39, 0.29) is 5.54 Å². The Bertz CT molecular complexity index is 729. The molecule has 2 aromatic carbocycles. The van der Waals surface area contributed by atoms with E-state index in [1.54, 1.807) is 0 Å². The van der Waals surface area contributed by atoms with Crippen molar-refractivity contribution in [1.29, 1.82) is 0 Å². The van der Waals surface area contributed by atoms with Gasteiger partial charge in [0.2, 0.25) is 5.91 Å². The Morgan fingerprint density at radius 1 is 0.857 bits per heavy atom. The smallest absolute Gasteiger partial charge is 0.222 e. The number of carbonyl (C=O) groups excluding carboxylic acids is 1. The molecule has 1 fully saturated rings. The van der Waals surface area contributed by atoms with Gasteiger partial charge >= 0.3 is 0 Å². The van der Waals surface area contributed by atoms with E-state index in [1.165, 1.54) is 17.5 Å². The standard InChI is InChI=1S/C25H34N2O/c1-26(2)25(23-15-8-4-9-16-23)18-11-5-10-17-24(28)27(20-12-19-25)21-22-13-6-3-7-14-22/h3-4,6-9,13-16H,5,10-12,17-21H2,1-2H3/t25-/m1/s1. The van der Waals surface area contributed by atoms with Gasteiger partial charge in [-0.15, -0.1) is 0 Å². The van der Waals surface area contributed by atoms with Gasteiger partial charge in [0, 0.05) is 25.0 Å². The van der Waals surface area contributed by atoms with Gasteiger partial charge in [-0.05, 0) is 50.9 Å². The molecular formula is C25H34N2O. The summed E-state index contributed by atoms with van der Waals surface area (Å²) < 4.78 is 0. The lowest BCUT2D eigenvalue weighted by Gasteiger charge is -2.41. The molecule has 0 N–H and O–H groups in total. The third-order valence-electron chi connectivity index (χ3n) is 6.24. The summed E-state index contributed by atoms with van der Waals surface area (Å²) in [7, 11) is 4.42. The van der Waals surface area contributed by atoms with Crippen molar-refractivity contribution < 1.29 is 4.79 Å². The van der Waals surface area contributed by atoms with Crippen LogP contribution in [0.2, 0.25) is 0 Å². The first-order valence-electron chi connectivity index (χ1n) is 10.7. The highest BCUT2D eigenvalue weighted by atomic mass is 16.2. The molecule has 2 aromatic rings. The summed E-state index contributed by atoms with van der Waals surface area (Å²) in [5.74, 6) is 0.306. The summed E-state index contributed by atoms with van der Waals surface area (Å²) in [5.41, 5.74) is 2.67. The van der Waals surface area contributed by atoms with Crippen LogP contribution >= 0.6 is 0 Å². The Labute approximate surface area is 170 Å². The largest absolute Gasteiger partial charge is 0.338 e. The fourth-order valence-electron chi connectivity index (χ4n) is 4.55. The van der Waals surface area contributed by atoms with Crippen molar-refractivity contribution in [3.8, 4) is 0 Å². The Balaban J connectivity index is 1.80. The third-order valence-corrected chi connectivity index (χ3v) is 6.24. The molecule has 1 aliphatic heterocycles. The molecule has 3 heteroatoms. The van der Waals surface area contributed by atoms with Crippen LogP contribution in [0, 0.1) is 0 Å². The van der Waals surface area contributed by atoms with E-state index in [0.717, 1.165) is 45.2 Å². The molecule has 1 heterocycles. The van der Waals surface area contributed by atoms with Crippen LogP contribution in [0.25, 0.3) is 0 Å². The van der Waals surface area contributed by atoms with E-state index in [2.05, 4.69) is 78.5 Å². The number of benzene rings is 2. The summed E-state index contributed by atoms with van der Waals surface area (Å²) in [6.45, 7) is 1.55. The van der Waals surface area contributed by atoms with E-state index < -0.39 is 0 Å². The quantitative estimate of drug-likeness (QED) is 0.728. The van der Waals surface area contributed by atoms with E-state index in [1.807, 2.05) is 6.07 Å². The van der Waals surface area contributed by atoms with E-state index in [0.29, 0.717) is 12.3 Å². The van der Waals surface area contributed by atoms with Crippen molar-refractivity contribution in [2.24, 2.45) is 0 Å². The fourth-order valence-corrected chi connectivity index (χ4v) is 4.55. The minimum Gasteiger partial charge on any atom is -0.338 e. The minimum atomic E-state index is 0.0487. The number of amides is 1. The van der Waals surface area contributed by atoms with E-state index in [4.69, 9.17) is 0 Å². The van der Waals surface area contributed by atoms with Crippen molar-refractivity contribution in [3.05, 3.63) is 71.8 Å². The molecule has 0 unspecified atom stereocenters. The third kappa shape index (κ3) is 5.02. The maximum absolute atomic E-state index is 12.8. The molecule has 0 saturated carbocycles. The molecule has 1 saturated heterocycles. The van der Waals surface area contributed by atoms with Gasteiger partial charge in [-0.25, -0.2) is 0 Å². The first-order valence-corrected chi connectivity index (χ1v) is 10.7. The second-order valence-electron chi connectivity index (χ2n) is 8.26. The lowest BCUT2D eigenvalue weighted by atomic mass is 9.79. The Morgan fingerprint density at radius 3 is 2.18 bits per heavy atom. The van der Waals surface area contributed by atoms with Gasteiger partial charge in [-0.1, -0.05) is 73.5 Å². The second kappa shape index (κ2) is 9.88. The van der Waals surface area contributed by atoms with Gasteiger partial charge < -0.3 is 4.90 Å². The molecule has 150 valence electrons. The van der Waals surface area contributed by atoms with Crippen LogP contribution in [0.15, 0.2) is 60.7 Å². The Morgan fingerprint density at radius 2 is 1.50 bits per heavy atom. The number of hydrogen-bond acceptors (Lipinski definition) is 2. The van der Waals surface area contributed by atoms with E-state index in [9.17, 15) is 4.79 Å². The topological polar surface area (TPSA) is 23.6 Å². The number of hydrogen-bond donors (Lipinski definition) is 0. The summed E-state index contributed by atoms with van der Waals surface area (Å²) in [4.78, 5) is 17.3. The molecule has 0 radical (unpaired) electrons. The molecular weight excluding hydrogens is 344 g/mol. The Hall–Kier alpha value is -2.13. The molecule has 1 aliphatic rings. The van der Waals surface area contributed by atoms with Crippen molar-refractivity contribution in [1.82, 2.24) is 9.80 Å². The summed E-state index contributed by atoms with van der Waals surface area (Å²) >= 11 is 0. The molecule has 0 spiro atoms. The van der Waals surface area contributed by atoms with Crippen LogP contribution in [-0.2, 0) is 16.9 Å². The van der Waals surface area contributed by atoms with Crippen LogP contribution < -0.4 is 0 Å². The van der Waals surface area contributed by atoms with Crippen molar-refractivity contribution in [2.75, 3.05) is 20.6 Å². The molecule has 0 bridgehead atoms. The lowest BCUT2D eigenvalue weighted by Crippen LogP contribution is -2.42. The highest BCUT2D eigenvalue weighted by Gasteiger charge is 2.34. The van der Waals surface area contributed by atoms with Crippen LogP contribution in [0.3, 0.4) is 0 Å². The van der Waals surface area contributed by atoms with Crippen LogP contribution in [-0.4, -0.2) is 36.3 Å². The molecule has 1 atom stereocenters. The highest BCUT2D eigenvalue weighted by Crippen LogP contribution is 2.37. The fraction of sp³-hybridized carbons (Fsp3) is 0.480. The predicted octanol–water partition coefficient (Wildman–Crippen LogP) is 5.22. The van der Waals surface area contributed by atoms with Crippen molar-refractivity contribution in [3.63, 3.8) is 0 Å². The minimum absolute atomic E-state index is 0.0487. The normalized spacial score (nSPS) is 22.1. The number of nitrogens with zero attached hydrogens (tertiary/aromatic N) is 2. The molecule has 28 heavy (non-hydrogen) atoms. The van der Waals surface area contributed by atoms with Gasteiger partial charge in [0.15, 0.2) is 0 Å². The van der Waals surface area contributed by atoms with Gasteiger partial charge in [0.1, 0.15) is 0 Å². The molecule has 0 aromatic heterocycles. The van der Waals surface area contributed by atoms with Gasteiger partial charge in [-0.3, -0.25) is 9.69 Å². The highest BCUT2D eigenvalue weighted by molar-refractivity contribution is 5.76. The first kappa shape index (κ1) is 20.6. The van der Waals surface area contributed by atoms with Gasteiger partial charge in [0.25, 0.3) is 0 Å². The Kier molecular flexibility index (Phi) is 7.27. The molecule has 3 rings (SSSR count). The predicted molar refractivity (Wildman–Crippen MR) is 116 cm³/mol. The monoisotopic (exact) mass is 378 g/mol. The summed E-state index contributed by atoms with van der Waals surface area (Å²) in [6.07, 6.45) is 7.19. The summed E-state index contributed by atoms with van der Waals surface area (Å²) in [6, 6.07) is 21.3. The molecule has 1 amide bonds. The van der Waals surface area contributed by atoms with Crippen LogP contribution in [0.5, 0.6) is 0 Å². The zero-order valence-electron chi connectivity index (χ0n) is 17.4. The van der Waals surface area contributed by atoms with Gasteiger partial charge in [0.05, 0.1) is 0 Å². The van der Waals surface area contributed by atoms with Crippen LogP contribution in [0.1, 0.15) is 56.1 Å². The maximum atomic E-state index is 12.8. The molecule has 0 aliphatic carbocycles. The second-order valence-corrected chi connectivity index (χ2v) is 8.26. The first-order chi connectivity index (χ1) is 13.6. The SMILES string of the molecule is CN(C)[C@]1(c2ccccc2)CCCCCC(=O)N(Cc2ccccc2)CCC1. The van der Waals surface area contributed by atoms with Crippen molar-refractivity contribution >= 4 is 5.91 Å². The van der Waals surface area contributed by atoms with Crippen molar-refractivity contribution in [2.45, 2.75) is 57.0 Å².